The van der Waals surface area contributed by atoms with Gasteiger partial charge in [-0.15, -0.1) is 0 Å². The van der Waals surface area contributed by atoms with Crippen LogP contribution in [0.5, 0.6) is 0 Å². The molecular weight excluding hydrogens is 144 g/mol. The third-order valence-corrected chi connectivity index (χ3v) is 3.12. The Labute approximate surface area is 66.6 Å². The average Bonchev–Trinajstić information content (AvgIpc) is 1.88. The molecule has 1 aliphatic rings. The molecule has 1 saturated heterocycles. The molecule has 1 rings (SSSR count). The van der Waals surface area contributed by atoms with Crippen LogP contribution >= 0.6 is 11.8 Å². The molecule has 0 aromatic heterocycles. The highest BCUT2D eigenvalue weighted by atomic mass is 32.2. The van der Waals surface area contributed by atoms with Crippen LogP contribution in [0.25, 0.3) is 0 Å². The molecule has 0 aliphatic carbocycles. The van der Waals surface area contributed by atoms with Crippen LogP contribution in [0.15, 0.2) is 0 Å². The van der Waals surface area contributed by atoms with Crippen LogP contribution in [0.1, 0.15) is 26.2 Å². The predicted octanol–water partition coefficient (Wildman–Crippen LogP) is 2.11. The molecule has 1 atom stereocenters. The average molecular weight is 158 g/mol. The molecule has 1 fully saturated rings. The molecular formula is C8H14OS. The second-order valence-electron chi connectivity index (χ2n) is 2.99. The summed E-state index contributed by atoms with van der Waals surface area (Å²) in [6.45, 7) is 1.69. The van der Waals surface area contributed by atoms with E-state index >= 15 is 0 Å². The number of thioether (sulfide) groups is 1. The molecule has 2 heteroatoms. The van der Waals surface area contributed by atoms with E-state index in [0.717, 1.165) is 6.42 Å². The highest BCUT2D eigenvalue weighted by Gasteiger charge is 2.14. The van der Waals surface area contributed by atoms with Crippen molar-refractivity contribution in [3.8, 4) is 0 Å². The van der Waals surface area contributed by atoms with Crippen molar-refractivity contribution < 1.29 is 4.79 Å². The number of ketones is 1. The van der Waals surface area contributed by atoms with Crippen molar-refractivity contribution >= 4 is 17.5 Å². The van der Waals surface area contributed by atoms with Crippen LogP contribution in [-0.4, -0.2) is 17.3 Å². The van der Waals surface area contributed by atoms with Gasteiger partial charge < -0.3 is 4.79 Å². The van der Waals surface area contributed by atoms with Gasteiger partial charge in [0, 0.05) is 6.42 Å². The highest BCUT2D eigenvalue weighted by Crippen LogP contribution is 2.24. The predicted molar refractivity (Wildman–Crippen MR) is 45.3 cm³/mol. The number of hydrogen-bond donors (Lipinski definition) is 0. The first kappa shape index (κ1) is 8.12. The first-order valence-electron chi connectivity index (χ1n) is 3.86. The smallest absolute Gasteiger partial charge is 0.130 e. The maximum absolute atomic E-state index is 10.7. The van der Waals surface area contributed by atoms with Gasteiger partial charge in [-0.05, 0) is 37.2 Å². The minimum atomic E-state index is 0.354. The van der Waals surface area contributed by atoms with Gasteiger partial charge in [-0.1, -0.05) is 0 Å². The summed E-state index contributed by atoms with van der Waals surface area (Å²) in [5.41, 5.74) is 0. The van der Waals surface area contributed by atoms with Crippen LogP contribution in [0.4, 0.5) is 0 Å². The van der Waals surface area contributed by atoms with Gasteiger partial charge in [-0.3, -0.25) is 0 Å². The molecule has 0 amide bonds. The summed E-state index contributed by atoms with van der Waals surface area (Å²) in [5, 5.41) is 0. The van der Waals surface area contributed by atoms with E-state index in [0.29, 0.717) is 11.7 Å². The Balaban J connectivity index is 2.19. The van der Waals surface area contributed by atoms with E-state index in [9.17, 15) is 4.79 Å². The Hall–Kier alpha value is 0.0200. The van der Waals surface area contributed by atoms with Crippen molar-refractivity contribution in [2.45, 2.75) is 26.2 Å². The molecule has 1 nitrogen and oxygen atoms in total. The van der Waals surface area contributed by atoms with Crippen molar-refractivity contribution in [3.05, 3.63) is 0 Å². The Morgan fingerprint density at radius 3 is 3.00 bits per heavy atom. The fourth-order valence-electron chi connectivity index (χ4n) is 1.37. The van der Waals surface area contributed by atoms with E-state index in [1.54, 1.807) is 6.92 Å². The molecule has 1 unspecified atom stereocenters. The number of rotatable bonds is 2. The van der Waals surface area contributed by atoms with Crippen LogP contribution in [0.3, 0.4) is 0 Å². The quantitative estimate of drug-likeness (QED) is 0.612. The van der Waals surface area contributed by atoms with Crippen LogP contribution in [0.2, 0.25) is 0 Å². The second-order valence-corrected chi connectivity index (χ2v) is 4.14. The highest BCUT2D eigenvalue weighted by molar-refractivity contribution is 7.99. The van der Waals surface area contributed by atoms with Crippen LogP contribution in [0, 0.1) is 5.92 Å². The molecule has 0 bridgehead atoms. The first-order chi connectivity index (χ1) is 4.79. The topological polar surface area (TPSA) is 17.1 Å². The molecule has 10 heavy (non-hydrogen) atoms. The van der Waals surface area contributed by atoms with E-state index in [4.69, 9.17) is 0 Å². The van der Waals surface area contributed by atoms with Gasteiger partial charge in [-0.2, -0.15) is 11.8 Å². The van der Waals surface area contributed by atoms with Crippen molar-refractivity contribution in [3.63, 3.8) is 0 Å². The van der Waals surface area contributed by atoms with E-state index in [1.807, 2.05) is 11.8 Å². The fraction of sp³-hybridized carbons (Fsp3) is 0.875. The van der Waals surface area contributed by atoms with Gasteiger partial charge in [0.25, 0.3) is 0 Å². The molecule has 0 saturated carbocycles. The Morgan fingerprint density at radius 1 is 1.70 bits per heavy atom. The minimum absolute atomic E-state index is 0.354. The summed E-state index contributed by atoms with van der Waals surface area (Å²) < 4.78 is 0. The summed E-state index contributed by atoms with van der Waals surface area (Å²) in [5.74, 6) is 3.55. The fourth-order valence-corrected chi connectivity index (χ4v) is 2.53. The van der Waals surface area contributed by atoms with Gasteiger partial charge in [0.1, 0.15) is 5.78 Å². The lowest BCUT2D eigenvalue weighted by Gasteiger charge is -2.19. The second kappa shape index (κ2) is 4.02. The molecule has 58 valence electrons. The summed E-state index contributed by atoms with van der Waals surface area (Å²) >= 11 is 1.99. The van der Waals surface area contributed by atoms with Crippen molar-refractivity contribution in [1.82, 2.24) is 0 Å². The third-order valence-electron chi connectivity index (χ3n) is 1.83. The zero-order valence-electron chi connectivity index (χ0n) is 6.43. The maximum atomic E-state index is 10.7. The van der Waals surface area contributed by atoms with E-state index < -0.39 is 0 Å². The third kappa shape index (κ3) is 2.74. The summed E-state index contributed by atoms with van der Waals surface area (Å²) in [7, 11) is 0. The monoisotopic (exact) mass is 158 g/mol. The lowest BCUT2D eigenvalue weighted by atomic mass is 10.00. The number of carbonyl (C=O) groups excluding carboxylic acids is 1. The van der Waals surface area contributed by atoms with Crippen molar-refractivity contribution in [2.24, 2.45) is 5.92 Å². The molecule has 1 aliphatic heterocycles. The molecule has 1 heterocycles. The lowest BCUT2D eigenvalue weighted by Crippen LogP contribution is -2.13. The van der Waals surface area contributed by atoms with Gasteiger partial charge in [-0.25, -0.2) is 0 Å². The summed E-state index contributed by atoms with van der Waals surface area (Å²) in [4.78, 5) is 10.7. The largest absolute Gasteiger partial charge is 0.300 e. The summed E-state index contributed by atoms with van der Waals surface area (Å²) in [6, 6.07) is 0. The lowest BCUT2D eigenvalue weighted by molar-refractivity contribution is -0.117. The zero-order chi connectivity index (χ0) is 7.40. The molecule has 0 N–H and O–H groups in total. The Morgan fingerprint density at radius 2 is 2.50 bits per heavy atom. The van der Waals surface area contributed by atoms with Crippen molar-refractivity contribution in [2.75, 3.05) is 11.5 Å². The van der Waals surface area contributed by atoms with Crippen LogP contribution in [-0.2, 0) is 4.79 Å². The van der Waals surface area contributed by atoms with E-state index in [1.165, 1.54) is 24.3 Å². The summed E-state index contributed by atoms with van der Waals surface area (Å²) in [6.07, 6.45) is 3.39. The van der Waals surface area contributed by atoms with Gasteiger partial charge >= 0.3 is 0 Å². The Kier molecular flexibility index (Phi) is 3.26. The van der Waals surface area contributed by atoms with Crippen molar-refractivity contribution in [1.29, 1.82) is 0 Å². The number of carbonyl (C=O) groups is 1. The Bertz CT molecular complexity index is 116. The number of hydrogen-bond acceptors (Lipinski definition) is 2. The molecule has 0 aromatic rings. The van der Waals surface area contributed by atoms with E-state index in [2.05, 4.69) is 0 Å². The van der Waals surface area contributed by atoms with Gasteiger partial charge in [0.05, 0.1) is 0 Å². The number of Topliss-reactive ketones (excluding diaryl/α,β-unsaturated/α-hetero) is 1. The SMILES string of the molecule is CC(=O)CC1CCCSC1. The standard InChI is InChI=1S/C8H14OS/c1-7(9)5-8-3-2-4-10-6-8/h8H,2-6H2,1H3. The zero-order valence-corrected chi connectivity index (χ0v) is 7.25. The maximum Gasteiger partial charge on any atom is 0.130 e. The van der Waals surface area contributed by atoms with Crippen LogP contribution < -0.4 is 0 Å². The van der Waals surface area contributed by atoms with Gasteiger partial charge in [0.15, 0.2) is 0 Å². The molecule has 0 aromatic carbocycles. The normalized spacial score (nSPS) is 26.3. The van der Waals surface area contributed by atoms with Gasteiger partial charge in [0.2, 0.25) is 0 Å². The van der Waals surface area contributed by atoms with E-state index in [-0.39, 0.29) is 0 Å². The molecule has 0 spiro atoms. The minimum Gasteiger partial charge on any atom is -0.300 e. The first-order valence-corrected chi connectivity index (χ1v) is 5.01. The molecule has 0 radical (unpaired) electrons.